The summed E-state index contributed by atoms with van der Waals surface area (Å²) in [6, 6.07) is 12.4. The maximum atomic E-state index is 12.5. The number of carbonyl (C=O) groups excluding carboxylic acids is 1. The van der Waals surface area contributed by atoms with Crippen molar-refractivity contribution in [1.82, 2.24) is 0 Å². The number of nitrogens with one attached hydrogen (secondary N) is 1. The van der Waals surface area contributed by atoms with Gasteiger partial charge in [-0.25, -0.2) is 4.79 Å². The molecule has 0 spiro atoms. The summed E-state index contributed by atoms with van der Waals surface area (Å²) in [4.78, 5) is 23.3. The lowest BCUT2D eigenvalue weighted by Gasteiger charge is -2.35. The van der Waals surface area contributed by atoms with Crippen molar-refractivity contribution >= 4 is 17.3 Å². The van der Waals surface area contributed by atoms with Crippen LogP contribution in [0.5, 0.6) is 0 Å². The van der Waals surface area contributed by atoms with Crippen molar-refractivity contribution in [2.75, 3.05) is 11.9 Å². The third-order valence-corrected chi connectivity index (χ3v) is 5.13. The molecule has 0 bridgehead atoms. The number of hydrogen-bond donors (Lipinski definition) is 1. The lowest BCUT2D eigenvalue weighted by Crippen LogP contribution is -2.43. The molecule has 0 aromatic heterocycles. The van der Waals surface area contributed by atoms with Crippen LogP contribution in [0, 0.1) is 16.0 Å². The Bertz CT molecular complexity index is 864. The van der Waals surface area contributed by atoms with Gasteiger partial charge in [-0.1, -0.05) is 24.3 Å². The molecule has 2 aliphatic rings. The van der Waals surface area contributed by atoms with E-state index in [2.05, 4.69) is 17.4 Å². The predicted octanol–water partition coefficient (Wildman–Crippen LogP) is 3.26. The van der Waals surface area contributed by atoms with Gasteiger partial charge >= 0.3 is 5.97 Å². The highest BCUT2D eigenvalue weighted by molar-refractivity contribution is 5.83. The van der Waals surface area contributed by atoms with E-state index in [9.17, 15) is 14.9 Å². The SMILES string of the molecule is CCOC(=O)[C@@H]1Nc2ccc([N+](=O)[O-])cc2[C@H]2c3ccccc3C[C@H]21. The first-order chi connectivity index (χ1) is 12.1. The van der Waals surface area contributed by atoms with E-state index in [1.165, 1.54) is 11.6 Å². The number of carbonyl (C=O) groups is 1. The first-order valence-electron chi connectivity index (χ1n) is 8.39. The Hall–Kier alpha value is -2.89. The van der Waals surface area contributed by atoms with Crippen molar-refractivity contribution in [2.45, 2.75) is 25.3 Å². The molecule has 2 aromatic carbocycles. The van der Waals surface area contributed by atoms with Crippen molar-refractivity contribution in [1.29, 1.82) is 0 Å². The van der Waals surface area contributed by atoms with Crippen LogP contribution in [-0.4, -0.2) is 23.5 Å². The number of rotatable bonds is 3. The van der Waals surface area contributed by atoms with Gasteiger partial charge < -0.3 is 10.1 Å². The van der Waals surface area contributed by atoms with Gasteiger partial charge in [0, 0.05) is 29.7 Å². The molecular formula is C19H18N2O4. The number of nitro benzene ring substituents is 1. The van der Waals surface area contributed by atoms with Crippen LogP contribution in [0.3, 0.4) is 0 Å². The highest BCUT2D eigenvalue weighted by Gasteiger charge is 2.46. The Balaban J connectivity index is 1.85. The highest BCUT2D eigenvalue weighted by atomic mass is 16.6. The molecule has 6 nitrogen and oxygen atoms in total. The maximum Gasteiger partial charge on any atom is 0.328 e. The number of anilines is 1. The molecule has 0 amide bonds. The smallest absolute Gasteiger partial charge is 0.328 e. The number of ether oxygens (including phenoxy) is 1. The van der Waals surface area contributed by atoms with Crippen molar-refractivity contribution in [3.63, 3.8) is 0 Å². The molecule has 0 radical (unpaired) electrons. The number of fused-ring (bicyclic) bond motifs is 5. The van der Waals surface area contributed by atoms with E-state index < -0.39 is 6.04 Å². The summed E-state index contributed by atoms with van der Waals surface area (Å²) in [5.41, 5.74) is 4.04. The van der Waals surface area contributed by atoms with E-state index in [-0.39, 0.29) is 28.4 Å². The molecule has 1 heterocycles. The topological polar surface area (TPSA) is 81.5 Å². The molecule has 1 aliphatic carbocycles. The Morgan fingerprint density at radius 1 is 1.28 bits per heavy atom. The zero-order chi connectivity index (χ0) is 17.6. The summed E-state index contributed by atoms with van der Waals surface area (Å²) in [5.74, 6) is -0.318. The van der Waals surface area contributed by atoms with Crippen molar-refractivity contribution in [3.8, 4) is 0 Å². The van der Waals surface area contributed by atoms with E-state index in [0.717, 1.165) is 23.2 Å². The summed E-state index contributed by atoms with van der Waals surface area (Å²) < 4.78 is 5.26. The highest BCUT2D eigenvalue weighted by Crippen LogP contribution is 2.50. The number of non-ortho nitro benzene ring substituents is 1. The molecule has 0 saturated heterocycles. The lowest BCUT2D eigenvalue weighted by molar-refractivity contribution is -0.384. The fourth-order valence-electron chi connectivity index (χ4n) is 4.13. The first-order valence-corrected chi connectivity index (χ1v) is 8.39. The van der Waals surface area contributed by atoms with Crippen LogP contribution >= 0.6 is 0 Å². The molecule has 2 aromatic rings. The van der Waals surface area contributed by atoms with Crippen molar-refractivity contribution in [2.24, 2.45) is 5.92 Å². The van der Waals surface area contributed by atoms with Crippen LogP contribution < -0.4 is 5.32 Å². The monoisotopic (exact) mass is 338 g/mol. The molecule has 0 unspecified atom stereocenters. The zero-order valence-corrected chi connectivity index (χ0v) is 13.8. The summed E-state index contributed by atoms with van der Waals surface area (Å²) in [6.07, 6.45) is 0.749. The van der Waals surface area contributed by atoms with E-state index in [0.29, 0.717) is 6.61 Å². The van der Waals surface area contributed by atoms with Crippen molar-refractivity contribution < 1.29 is 14.5 Å². The predicted molar refractivity (Wildman–Crippen MR) is 92.6 cm³/mol. The Morgan fingerprint density at radius 2 is 2.08 bits per heavy atom. The molecule has 1 aliphatic heterocycles. The van der Waals surface area contributed by atoms with Crippen LogP contribution in [-0.2, 0) is 16.0 Å². The van der Waals surface area contributed by atoms with Crippen molar-refractivity contribution in [3.05, 3.63) is 69.3 Å². The zero-order valence-electron chi connectivity index (χ0n) is 13.8. The quantitative estimate of drug-likeness (QED) is 0.528. The van der Waals surface area contributed by atoms with Gasteiger partial charge in [-0.05, 0) is 36.1 Å². The fourth-order valence-corrected chi connectivity index (χ4v) is 4.13. The van der Waals surface area contributed by atoms with Gasteiger partial charge in [-0.15, -0.1) is 0 Å². The van der Waals surface area contributed by atoms with Gasteiger partial charge in [0.15, 0.2) is 0 Å². The van der Waals surface area contributed by atoms with Gasteiger partial charge in [0.2, 0.25) is 0 Å². The third kappa shape index (κ3) is 2.45. The molecule has 128 valence electrons. The van der Waals surface area contributed by atoms with Crippen LogP contribution in [0.25, 0.3) is 0 Å². The minimum absolute atomic E-state index is 0.00838. The van der Waals surface area contributed by atoms with E-state index in [1.807, 2.05) is 12.1 Å². The molecule has 4 rings (SSSR count). The minimum Gasteiger partial charge on any atom is -0.464 e. The lowest BCUT2D eigenvalue weighted by atomic mass is 9.77. The van der Waals surface area contributed by atoms with Crippen LogP contribution in [0.2, 0.25) is 0 Å². The second-order valence-corrected chi connectivity index (χ2v) is 6.45. The van der Waals surface area contributed by atoms with E-state index in [4.69, 9.17) is 4.74 Å². The summed E-state index contributed by atoms with van der Waals surface area (Å²) >= 11 is 0. The number of esters is 1. The van der Waals surface area contributed by atoms with E-state index >= 15 is 0 Å². The molecular weight excluding hydrogens is 320 g/mol. The maximum absolute atomic E-state index is 12.5. The number of benzene rings is 2. The normalized spacial score (nSPS) is 23.0. The van der Waals surface area contributed by atoms with Crippen LogP contribution in [0.15, 0.2) is 42.5 Å². The second kappa shape index (κ2) is 5.88. The van der Waals surface area contributed by atoms with Gasteiger partial charge in [-0.3, -0.25) is 10.1 Å². The number of hydrogen-bond acceptors (Lipinski definition) is 5. The fraction of sp³-hybridized carbons (Fsp3) is 0.316. The Morgan fingerprint density at radius 3 is 2.84 bits per heavy atom. The molecule has 25 heavy (non-hydrogen) atoms. The molecule has 0 fully saturated rings. The number of nitro groups is 1. The largest absolute Gasteiger partial charge is 0.464 e. The van der Waals surface area contributed by atoms with E-state index in [1.54, 1.807) is 19.1 Å². The summed E-state index contributed by atoms with van der Waals surface area (Å²) in [6.45, 7) is 2.12. The Kier molecular flexibility index (Phi) is 3.67. The number of nitrogens with zero attached hydrogens (tertiary/aromatic N) is 1. The molecule has 0 saturated carbocycles. The van der Waals surface area contributed by atoms with Crippen LogP contribution in [0.4, 0.5) is 11.4 Å². The van der Waals surface area contributed by atoms with Gasteiger partial charge in [0.1, 0.15) is 6.04 Å². The minimum atomic E-state index is -0.452. The molecule has 3 atom stereocenters. The summed E-state index contributed by atoms with van der Waals surface area (Å²) in [5, 5.41) is 14.5. The van der Waals surface area contributed by atoms with Gasteiger partial charge in [0.25, 0.3) is 5.69 Å². The standard InChI is InChI=1S/C19H18N2O4/c1-2-25-19(22)18-15-9-11-5-3-4-6-13(11)17(15)14-10-12(21(23)24)7-8-16(14)20-18/h3-8,10,15,17-18,20H,2,9H2,1H3/t15-,17-,18-/m1/s1. The molecule has 6 heteroatoms. The van der Waals surface area contributed by atoms with Gasteiger partial charge in [-0.2, -0.15) is 0 Å². The van der Waals surface area contributed by atoms with Crippen LogP contribution in [0.1, 0.15) is 29.5 Å². The first kappa shape index (κ1) is 15.6. The second-order valence-electron chi connectivity index (χ2n) is 6.45. The van der Waals surface area contributed by atoms with Gasteiger partial charge in [0.05, 0.1) is 11.5 Å². The summed E-state index contributed by atoms with van der Waals surface area (Å²) in [7, 11) is 0. The average molecular weight is 338 g/mol. The third-order valence-electron chi connectivity index (χ3n) is 5.13. The molecule has 1 N–H and O–H groups in total. The average Bonchev–Trinajstić information content (AvgIpc) is 3.00. The Labute approximate surface area is 145 Å².